The van der Waals surface area contributed by atoms with Gasteiger partial charge < -0.3 is 5.11 Å². The third kappa shape index (κ3) is 2.84. The van der Waals surface area contributed by atoms with Crippen molar-refractivity contribution in [3.8, 4) is 0 Å². The molecule has 0 aromatic carbocycles. The molecule has 0 aromatic rings. The SMILES string of the molecule is C=CCCC(O)C1CCCCC1(C)C. The van der Waals surface area contributed by atoms with E-state index < -0.39 is 0 Å². The van der Waals surface area contributed by atoms with Crippen LogP contribution >= 0.6 is 0 Å². The molecule has 1 fully saturated rings. The van der Waals surface area contributed by atoms with Gasteiger partial charge in [0.1, 0.15) is 0 Å². The summed E-state index contributed by atoms with van der Waals surface area (Å²) in [6, 6.07) is 0. The highest BCUT2D eigenvalue weighted by Gasteiger charge is 2.36. The first-order valence-corrected chi connectivity index (χ1v) is 5.87. The van der Waals surface area contributed by atoms with Gasteiger partial charge in [-0.1, -0.05) is 32.8 Å². The van der Waals surface area contributed by atoms with Crippen LogP contribution in [0.4, 0.5) is 0 Å². The molecule has 1 aliphatic rings. The number of aliphatic hydroxyl groups excluding tert-OH is 1. The Morgan fingerprint density at radius 2 is 2.21 bits per heavy atom. The van der Waals surface area contributed by atoms with Crippen molar-refractivity contribution >= 4 is 0 Å². The predicted octanol–water partition coefficient (Wildman–Crippen LogP) is 3.53. The van der Waals surface area contributed by atoms with Crippen LogP contribution in [0.15, 0.2) is 12.7 Å². The fourth-order valence-corrected chi connectivity index (χ4v) is 2.72. The zero-order valence-corrected chi connectivity index (χ0v) is 9.63. The molecule has 0 aromatic heterocycles. The van der Waals surface area contributed by atoms with Crippen LogP contribution in [0.2, 0.25) is 0 Å². The summed E-state index contributed by atoms with van der Waals surface area (Å²) in [5.41, 5.74) is 0.332. The molecule has 14 heavy (non-hydrogen) atoms. The molecule has 1 heteroatoms. The summed E-state index contributed by atoms with van der Waals surface area (Å²) in [5, 5.41) is 10.1. The van der Waals surface area contributed by atoms with Gasteiger partial charge in [0.05, 0.1) is 6.10 Å². The maximum atomic E-state index is 10.1. The van der Waals surface area contributed by atoms with Gasteiger partial charge in [0, 0.05) is 0 Å². The summed E-state index contributed by atoms with van der Waals surface area (Å²) in [5.74, 6) is 0.496. The molecular weight excluding hydrogens is 172 g/mol. The molecular formula is C13H24O. The molecule has 0 bridgehead atoms. The minimum atomic E-state index is -0.122. The van der Waals surface area contributed by atoms with Crippen LogP contribution < -0.4 is 0 Å². The molecule has 0 heterocycles. The minimum Gasteiger partial charge on any atom is -0.393 e. The zero-order chi connectivity index (χ0) is 10.6. The van der Waals surface area contributed by atoms with Crippen LogP contribution in [0.3, 0.4) is 0 Å². The van der Waals surface area contributed by atoms with Crippen molar-refractivity contribution in [3.63, 3.8) is 0 Å². The van der Waals surface area contributed by atoms with E-state index in [-0.39, 0.29) is 6.10 Å². The van der Waals surface area contributed by atoms with Gasteiger partial charge in [0.2, 0.25) is 0 Å². The lowest BCUT2D eigenvalue weighted by Crippen LogP contribution is -2.36. The van der Waals surface area contributed by atoms with Crippen LogP contribution in [0.1, 0.15) is 52.4 Å². The van der Waals surface area contributed by atoms with E-state index in [1.807, 2.05) is 6.08 Å². The van der Waals surface area contributed by atoms with Crippen molar-refractivity contribution in [1.82, 2.24) is 0 Å². The van der Waals surface area contributed by atoms with Crippen LogP contribution in [0, 0.1) is 11.3 Å². The molecule has 1 N–H and O–H groups in total. The minimum absolute atomic E-state index is 0.122. The summed E-state index contributed by atoms with van der Waals surface area (Å²) in [6.07, 6.45) is 8.69. The Morgan fingerprint density at radius 3 is 2.79 bits per heavy atom. The maximum Gasteiger partial charge on any atom is 0.0576 e. The van der Waals surface area contributed by atoms with Gasteiger partial charge in [0.25, 0.3) is 0 Å². The molecule has 1 aliphatic carbocycles. The van der Waals surface area contributed by atoms with E-state index in [2.05, 4.69) is 20.4 Å². The number of hydrogen-bond acceptors (Lipinski definition) is 1. The summed E-state index contributed by atoms with van der Waals surface area (Å²) < 4.78 is 0. The molecule has 0 aliphatic heterocycles. The smallest absolute Gasteiger partial charge is 0.0576 e. The summed E-state index contributed by atoms with van der Waals surface area (Å²) in [6.45, 7) is 8.30. The normalized spacial score (nSPS) is 28.4. The lowest BCUT2D eigenvalue weighted by Gasteiger charge is -2.41. The van der Waals surface area contributed by atoms with Gasteiger partial charge >= 0.3 is 0 Å². The Bertz CT molecular complexity index is 184. The van der Waals surface area contributed by atoms with E-state index in [0.717, 1.165) is 12.8 Å². The van der Waals surface area contributed by atoms with Crippen LogP contribution in [-0.4, -0.2) is 11.2 Å². The van der Waals surface area contributed by atoms with E-state index in [0.29, 0.717) is 11.3 Å². The average Bonchev–Trinajstić information content (AvgIpc) is 2.13. The third-order valence-corrected chi connectivity index (χ3v) is 3.72. The van der Waals surface area contributed by atoms with Gasteiger partial charge in [-0.25, -0.2) is 0 Å². The van der Waals surface area contributed by atoms with E-state index in [1.165, 1.54) is 25.7 Å². The molecule has 0 spiro atoms. The lowest BCUT2D eigenvalue weighted by molar-refractivity contribution is 0.00139. The monoisotopic (exact) mass is 196 g/mol. The highest BCUT2D eigenvalue weighted by Crippen LogP contribution is 2.43. The first kappa shape index (κ1) is 11.8. The van der Waals surface area contributed by atoms with Crippen molar-refractivity contribution in [1.29, 1.82) is 0 Å². The molecule has 0 radical (unpaired) electrons. The van der Waals surface area contributed by atoms with Crippen LogP contribution in [-0.2, 0) is 0 Å². The topological polar surface area (TPSA) is 20.2 Å². The van der Waals surface area contributed by atoms with Gasteiger partial charge in [0.15, 0.2) is 0 Å². The molecule has 2 atom stereocenters. The number of rotatable bonds is 4. The van der Waals surface area contributed by atoms with Gasteiger partial charge in [-0.2, -0.15) is 0 Å². The molecule has 1 saturated carbocycles. The van der Waals surface area contributed by atoms with E-state index >= 15 is 0 Å². The summed E-state index contributed by atoms with van der Waals surface area (Å²) in [4.78, 5) is 0. The van der Waals surface area contributed by atoms with Crippen molar-refractivity contribution in [2.24, 2.45) is 11.3 Å². The lowest BCUT2D eigenvalue weighted by atomic mass is 9.66. The Kier molecular flexibility index (Phi) is 4.18. The van der Waals surface area contributed by atoms with Gasteiger partial charge in [-0.3, -0.25) is 0 Å². The van der Waals surface area contributed by atoms with Crippen LogP contribution in [0.5, 0.6) is 0 Å². The predicted molar refractivity (Wildman–Crippen MR) is 61.2 cm³/mol. The first-order chi connectivity index (χ1) is 6.58. The van der Waals surface area contributed by atoms with Crippen molar-refractivity contribution < 1.29 is 5.11 Å². The second-order valence-corrected chi connectivity index (χ2v) is 5.27. The van der Waals surface area contributed by atoms with Gasteiger partial charge in [-0.05, 0) is 37.0 Å². The van der Waals surface area contributed by atoms with Crippen molar-refractivity contribution in [2.45, 2.75) is 58.5 Å². The molecule has 1 nitrogen and oxygen atoms in total. The fourth-order valence-electron chi connectivity index (χ4n) is 2.72. The molecule has 0 saturated heterocycles. The van der Waals surface area contributed by atoms with E-state index in [9.17, 15) is 5.11 Å². The van der Waals surface area contributed by atoms with Crippen molar-refractivity contribution in [3.05, 3.63) is 12.7 Å². The molecule has 82 valence electrons. The average molecular weight is 196 g/mol. The summed E-state index contributed by atoms with van der Waals surface area (Å²) in [7, 11) is 0. The Morgan fingerprint density at radius 1 is 1.50 bits per heavy atom. The Balaban J connectivity index is 2.50. The second-order valence-electron chi connectivity index (χ2n) is 5.27. The van der Waals surface area contributed by atoms with E-state index in [4.69, 9.17) is 0 Å². The number of allylic oxidation sites excluding steroid dienone is 1. The van der Waals surface area contributed by atoms with Crippen molar-refractivity contribution in [2.75, 3.05) is 0 Å². The Hall–Kier alpha value is -0.300. The zero-order valence-electron chi connectivity index (χ0n) is 9.63. The number of hydrogen-bond donors (Lipinski definition) is 1. The number of aliphatic hydroxyl groups is 1. The maximum absolute atomic E-state index is 10.1. The molecule has 1 rings (SSSR count). The third-order valence-electron chi connectivity index (χ3n) is 3.72. The van der Waals surface area contributed by atoms with E-state index in [1.54, 1.807) is 0 Å². The Labute approximate surface area is 88.2 Å². The largest absolute Gasteiger partial charge is 0.393 e. The molecule has 0 amide bonds. The quantitative estimate of drug-likeness (QED) is 0.682. The summed E-state index contributed by atoms with van der Waals surface area (Å²) >= 11 is 0. The fraction of sp³-hybridized carbons (Fsp3) is 0.846. The molecule has 2 unspecified atom stereocenters. The first-order valence-electron chi connectivity index (χ1n) is 5.87. The highest BCUT2D eigenvalue weighted by molar-refractivity contribution is 4.87. The standard InChI is InChI=1S/C13H24O/c1-4-5-9-12(14)11-8-6-7-10-13(11,2)3/h4,11-12,14H,1,5-10H2,2-3H3. The van der Waals surface area contributed by atoms with Crippen LogP contribution in [0.25, 0.3) is 0 Å². The van der Waals surface area contributed by atoms with Gasteiger partial charge in [-0.15, -0.1) is 6.58 Å². The second kappa shape index (κ2) is 4.97. The highest BCUT2D eigenvalue weighted by atomic mass is 16.3.